The van der Waals surface area contributed by atoms with Crippen molar-refractivity contribution >= 4 is 16.9 Å². The number of carbonyl (C=O) groups excluding carboxylic acids is 1. The van der Waals surface area contributed by atoms with Gasteiger partial charge in [-0.3, -0.25) is 4.79 Å². The number of imidazole rings is 1. The molecule has 28 heavy (non-hydrogen) atoms. The number of hydrogen-bond acceptors (Lipinski definition) is 6. The number of rotatable bonds is 5. The second-order valence-corrected chi connectivity index (χ2v) is 7.19. The predicted molar refractivity (Wildman–Crippen MR) is 102 cm³/mol. The van der Waals surface area contributed by atoms with Crippen LogP contribution >= 0.6 is 0 Å². The van der Waals surface area contributed by atoms with Gasteiger partial charge in [0.05, 0.1) is 23.2 Å². The van der Waals surface area contributed by atoms with Crippen LogP contribution in [0.5, 0.6) is 0 Å². The molecule has 1 aliphatic rings. The molecule has 3 aromatic rings. The van der Waals surface area contributed by atoms with Crippen LogP contribution in [0.1, 0.15) is 36.8 Å². The first-order valence-electron chi connectivity index (χ1n) is 9.40. The van der Waals surface area contributed by atoms with Gasteiger partial charge in [-0.05, 0) is 38.3 Å². The van der Waals surface area contributed by atoms with E-state index in [2.05, 4.69) is 25.4 Å². The maximum Gasteiger partial charge on any atom is 0.246 e. The Balaban J connectivity index is 1.61. The third-order valence-corrected chi connectivity index (χ3v) is 5.12. The van der Waals surface area contributed by atoms with Gasteiger partial charge in [0.1, 0.15) is 18.3 Å². The average Bonchev–Trinajstić information content (AvgIpc) is 3.27. The summed E-state index contributed by atoms with van der Waals surface area (Å²) in [6, 6.07) is 7.46. The Hall–Kier alpha value is -2.78. The Morgan fingerprint density at radius 3 is 2.96 bits per heavy atom. The van der Waals surface area contributed by atoms with Crippen molar-refractivity contribution in [3.05, 3.63) is 35.9 Å². The number of amides is 1. The van der Waals surface area contributed by atoms with Crippen molar-refractivity contribution in [2.75, 3.05) is 13.7 Å². The predicted octanol–water partition coefficient (Wildman–Crippen LogP) is 1.21. The zero-order valence-corrected chi connectivity index (χ0v) is 15.9. The Labute approximate surface area is 162 Å². The summed E-state index contributed by atoms with van der Waals surface area (Å²) in [5.74, 6) is 1.87. The molecule has 3 atom stereocenters. The second kappa shape index (κ2) is 7.69. The highest BCUT2D eigenvalue weighted by Gasteiger charge is 2.34. The van der Waals surface area contributed by atoms with E-state index in [1.807, 2.05) is 31.2 Å². The standard InChI is InChI=1S/C19H24N6O3/c1-11-20-18(12-7-8-16(26)15(9-12)21-17(27)10-28-2)25(24-11)19-22-13-5-3-4-6-14(13)23-19/h3-6,12,15-16,26H,7-10H2,1-2H3,(H,21,27)(H,22,23)/t12-,15+,16+/m0/s1. The Morgan fingerprint density at radius 2 is 2.18 bits per heavy atom. The number of aliphatic hydroxyl groups is 1. The van der Waals surface area contributed by atoms with Gasteiger partial charge in [-0.25, -0.2) is 9.97 Å². The number of fused-ring (bicyclic) bond motifs is 1. The van der Waals surface area contributed by atoms with Crippen LogP contribution in [-0.2, 0) is 9.53 Å². The molecule has 148 valence electrons. The molecule has 1 saturated carbocycles. The van der Waals surface area contributed by atoms with Crippen LogP contribution in [0.3, 0.4) is 0 Å². The van der Waals surface area contributed by atoms with Crippen LogP contribution in [-0.4, -0.2) is 61.6 Å². The van der Waals surface area contributed by atoms with Crippen molar-refractivity contribution in [1.29, 1.82) is 0 Å². The lowest BCUT2D eigenvalue weighted by Crippen LogP contribution is -2.48. The normalized spacial score (nSPS) is 22.5. The van der Waals surface area contributed by atoms with E-state index in [1.54, 1.807) is 4.68 Å². The van der Waals surface area contributed by atoms with E-state index >= 15 is 0 Å². The van der Waals surface area contributed by atoms with Gasteiger partial charge in [0, 0.05) is 13.0 Å². The molecule has 4 rings (SSSR count). The van der Waals surface area contributed by atoms with Crippen molar-refractivity contribution in [2.45, 2.75) is 44.2 Å². The minimum Gasteiger partial charge on any atom is -0.391 e. The van der Waals surface area contributed by atoms with Gasteiger partial charge in [0.15, 0.2) is 0 Å². The van der Waals surface area contributed by atoms with E-state index < -0.39 is 6.10 Å². The summed E-state index contributed by atoms with van der Waals surface area (Å²) in [7, 11) is 1.47. The zero-order valence-electron chi connectivity index (χ0n) is 15.9. The number of hydrogen-bond donors (Lipinski definition) is 3. The lowest BCUT2D eigenvalue weighted by Gasteiger charge is -2.33. The minimum absolute atomic E-state index is 0.0256. The molecule has 9 nitrogen and oxygen atoms in total. The summed E-state index contributed by atoms with van der Waals surface area (Å²) >= 11 is 0. The van der Waals surface area contributed by atoms with Gasteiger partial charge in [-0.1, -0.05) is 12.1 Å². The highest BCUT2D eigenvalue weighted by atomic mass is 16.5. The number of nitrogens with one attached hydrogen (secondary N) is 2. The number of benzene rings is 1. The number of aromatic nitrogens is 5. The molecule has 3 N–H and O–H groups in total. The smallest absolute Gasteiger partial charge is 0.246 e. The first-order valence-corrected chi connectivity index (χ1v) is 9.40. The van der Waals surface area contributed by atoms with Gasteiger partial charge in [0.25, 0.3) is 0 Å². The van der Waals surface area contributed by atoms with Crippen LogP contribution in [0.25, 0.3) is 17.0 Å². The number of aryl methyl sites for hydroxylation is 1. The molecule has 1 amide bonds. The van der Waals surface area contributed by atoms with E-state index in [1.165, 1.54) is 7.11 Å². The molecule has 0 unspecified atom stereocenters. The van der Waals surface area contributed by atoms with E-state index in [-0.39, 0.29) is 24.5 Å². The number of methoxy groups -OCH3 is 1. The van der Waals surface area contributed by atoms with Crippen LogP contribution in [0.15, 0.2) is 24.3 Å². The summed E-state index contributed by atoms with van der Waals surface area (Å²) in [4.78, 5) is 24.4. The molecule has 2 heterocycles. The third kappa shape index (κ3) is 3.63. The van der Waals surface area contributed by atoms with Gasteiger partial charge in [0.2, 0.25) is 11.9 Å². The molecule has 0 aliphatic heterocycles. The van der Waals surface area contributed by atoms with Crippen molar-refractivity contribution in [1.82, 2.24) is 30.0 Å². The maximum atomic E-state index is 11.9. The van der Waals surface area contributed by atoms with E-state index in [4.69, 9.17) is 4.74 Å². The molecule has 1 aromatic carbocycles. The molecule has 0 radical (unpaired) electrons. The average molecular weight is 384 g/mol. The van der Waals surface area contributed by atoms with Crippen molar-refractivity contribution < 1.29 is 14.6 Å². The summed E-state index contributed by atoms with van der Waals surface area (Å²) in [5.41, 5.74) is 1.79. The fourth-order valence-corrected chi connectivity index (χ4v) is 3.81. The highest BCUT2D eigenvalue weighted by Crippen LogP contribution is 2.33. The summed E-state index contributed by atoms with van der Waals surface area (Å²) in [6.07, 6.45) is 1.33. The molecule has 1 fully saturated rings. The van der Waals surface area contributed by atoms with Crippen molar-refractivity contribution in [3.8, 4) is 5.95 Å². The Bertz CT molecular complexity index is 948. The van der Waals surface area contributed by atoms with Crippen LogP contribution in [0, 0.1) is 6.92 Å². The lowest BCUT2D eigenvalue weighted by molar-refractivity contribution is -0.126. The molecule has 1 aliphatic carbocycles. The lowest BCUT2D eigenvalue weighted by atomic mass is 9.83. The van der Waals surface area contributed by atoms with Gasteiger partial charge < -0.3 is 20.1 Å². The van der Waals surface area contributed by atoms with Crippen LogP contribution in [0.4, 0.5) is 0 Å². The van der Waals surface area contributed by atoms with Crippen LogP contribution < -0.4 is 5.32 Å². The third-order valence-electron chi connectivity index (χ3n) is 5.12. The molecular formula is C19H24N6O3. The van der Waals surface area contributed by atoms with E-state index in [0.29, 0.717) is 24.6 Å². The Kier molecular flexibility index (Phi) is 5.10. The second-order valence-electron chi connectivity index (χ2n) is 7.19. The monoisotopic (exact) mass is 384 g/mol. The number of carbonyl (C=O) groups is 1. The van der Waals surface area contributed by atoms with E-state index in [9.17, 15) is 9.90 Å². The van der Waals surface area contributed by atoms with Crippen LogP contribution in [0.2, 0.25) is 0 Å². The number of aromatic amines is 1. The highest BCUT2D eigenvalue weighted by molar-refractivity contribution is 5.77. The first-order chi connectivity index (χ1) is 13.5. The summed E-state index contributed by atoms with van der Waals surface area (Å²) < 4.78 is 6.61. The molecule has 2 aromatic heterocycles. The molecular weight excluding hydrogens is 360 g/mol. The molecule has 0 saturated heterocycles. The van der Waals surface area contributed by atoms with Gasteiger partial charge in [-0.2, -0.15) is 4.68 Å². The quantitative estimate of drug-likeness (QED) is 0.609. The van der Waals surface area contributed by atoms with E-state index in [0.717, 1.165) is 23.3 Å². The summed E-state index contributed by atoms with van der Waals surface area (Å²) in [5, 5.41) is 17.7. The zero-order chi connectivity index (χ0) is 19.7. The number of nitrogens with zero attached hydrogens (tertiary/aromatic N) is 4. The number of ether oxygens (including phenoxy) is 1. The van der Waals surface area contributed by atoms with Crippen molar-refractivity contribution in [2.24, 2.45) is 0 Å². The molecule has 0 bridgehead atoms. The van der Waals surface area contributed by atoms with Gasteiger partial charge >= 0.3 is 0 Å². The fourth-order valence-electron chi connectivity index (χ4n) is 3.81. The number of aliphatic hydroxyl groups excluding tert-OH is 1. The number of H-pyrrole nitrogens is 1. The number of para-hydroxylation sites is 2. The van der Waals surface area contributed by atoms with Crippen molar-refractivity contribution in [3.63, 3.8) is 0 Å². The van der Waals surface area contributed by atoms with Gasteiger partial charge in [-0.15, -0.1) is 5.10 Å². The topological polar surface area (TPSA) is 118 Å². The molecule has 9 heteroatoms. The SMILES string of the molecule is COCC(=O)N[C@@H]1C[C@@H](c2nc(C)nn2-c2nc3ccccc3[nH]2)CC[C@H]1O. The molecule has 0 spiro atoms. The largest absolute Gasteiger partial charge is 0.391 e. The fraction of sp³-hybridized carbons (Fsp3) is 0.474. The maximum absolute atomic E-state index is 11.9. The first kappa shape index (κ1) is 18.6. The Morgan fingerprint density at radius 1 is 1.36 bits per heavy atom. The summed E-state index contributed by atoms with van der Waals surface area (Å²) in [6.45, 7) is 1.82. The minimum atomic E-state index is -0.583.